The summed E-state index contributed by atoms with van der Waals surface area (Å²) < 4.78 is 21.2. The molecule has 3 atom stereocenters. The van der Waals surface area contributed by atoms with Crippen molar-refractivity contribution in [3.63, 3.8) is 0 Å². The molecule has 0 N–H and O–H groups in total. The number of allylic oxidation sites excluding steroid dienone is 1. The standard InChI is InChI=1S/C20H31NO2S/c1-6-20(14-10-11-15-23-20)17(2)21(24(22)19(3,4)5)16-18-12-8-7-9-13-18/h7-9,11-13,15,17H,6,10,14,16H2,1-5H3/t17-,20-,24+/m1/s1. The van der Waals surface area contributed by atoms with Crippen molar-refractivity contribution in [2.24, 2.45) is 0 Å². The molecule has 0 spiro atoms. The van der Waals surface area contributed by atoms with Crippen LogP contribution in [0.25, 0.3) is 0 Å². The Labute approximate surface area is 150 Å². The molecule has 0 radical (unpaired) electrons. The average Bonchev–Trinajstić information content (AvgIpc) is 2.59. The first-order valence-corrected chi connectivity index (χ1v) is 9.96. The van der Waals surface area contributed by atoms with E-state index in [2.05, 4.69) is 36.4 Å². The maximum Gasteiger partial charge on any atom is 0.137 e. The minimum atomic E-state index is -1.11. The van der Waals surface area contributed by atoms with Crippen LogP contribution >= 0.6 is 0 Å². The Morgan fingerprint density at radius 3 is 2.46 bits per heavy atom. The highest BCUT2D eigenvalue weighted by Crippen LogP contribution is 2.37. The van der Waals surface area contributed by atoms with Gasteiger partial charge in [-0.25, -0.2) is 0 Å². The van der Waals surface area contributed by atoms with Gasteiger partial charge in [0.1, 0.15) is 10.3 Å². The van der Waals surface area contributed by atoms with Crippen LogP contribution in [-0.2, 0) is 22.6 Å². The van der Waals surface area contributed by atoms with Crippen LogP contribution in [0.3, 0.4) is 0 Å². The van der Waals surface area contributed by atoms with Crippen molar-refractivity contribution in [1.82, 2.24) is 4.31 Å². The molecule has 0 saturated heterocycles. The van der Waals surface area contributed by atoms with Crippen LogP contribution < -0.4 is 0 Å². The fourth-order valence-electron chi connectivity index (χ4n) is 3.22. The average molecular weight is 350 g/mol. The van der Waals surface area contributed by atoms with Crippen LogP contribution in [0.2, 0.25) is 0 Å². The Bertz CT molecular complexity index is 540. The lowest BCUT2D eigenvalue weighted by atomic mass is 9.86. The molecule has 3 nitrogen and oxygen atoms in total. The van der Waals surface area contributed by atoms with Gasteiger partial charge >= 0.3 is 0 Å². The third-order valence-corrected chi connectivity index (χ3v) is 6.76. The van der Waals surface area contributed by atoms with Gasteiger partial charge in [0.2, 0.25) is 0 Å². The van der Waals surface area contributed by atoms with Gasteiger partial charge in [-0.1, -0.05) is 37.3 Å². The lowest BCUT2D eigenvalue weighted by molar-refractivity contribution is -0.0489. The zero-order valence-corrected chi connectivity index (χ0v) is 16.4. The van der Waals surface area contributed by atoms with E-state index in [4.69, 9.17) is 4.74 Å². The van der Waals surface area contributed by atoms with E-state index >= 15 is 0 Å². The number of nitrogens with zero attached hydrogens (tertiary/aromatic N) is 1. The van der Waals surface area contributed by atoms with E-state index in [1.165, 1.54) is 5.56 Å². The lowest BCUT2D eigenvalue weighted by Crippen LogP contribution is -2.57. The van der Waals surface area contributed by atoms with Crippen LogP contribution in [0.4, 0.5) is 0 Å². The Kier molecular flexibility index (Phi) is 6.40. The normalized spacial score (nSPS) is 23.8. The van der Waals surface area contributed by atoms with Crippen molar-refractivity contribution in [1.29, 1.82) is 0 Å². The first-order valence-electron chi connectivity index (χ1n) is 8.85. The minimum Gasteiger partial charge on any atom is -0.597 e. The minimum absolute atomic E-state index is 0.0627. The summed E-state index contributed by atoms with van der Waals surface area (Å²) in [5.41, 5.74) is 0.907. The molecule has 0 bridgehead atoms. The second-order valence-corrected chi connectivity index (χ2v) is 9.74. The molecule has 0 fully saturated rings. The molecule has 24 heavy (non-hydrogen) atoms. The van der Waals surface area contributed by atoms with Gasteiger partial charge in [-0.2, -0.15) is 0 Å². The molecular weight excluding hydrogens is 318 g/mol. The highest BCUT2D eigenvalue weighted by atomic mass is 32.2. The Balaban J connectivity index is 2.31. The molecule has 0 aromatic heterocycles. The molecule has 0 amide bonds. The van der Waals surface area contributed by atoms with Gasteiger partial charge in [-0.3, -0.25) is 0 Å². The SMILES string of the molecule is CC[C@]1([C@@H](C)N(Cc2ccccc2)[S@@+]([O-])C(C)(C)C)CCC=CO1. The van der Waals surface area contributed by atoms with E-state index in [1.807, 2.05) is 45.2 Å². The summed E-state index contributed by atoms with van der Waals surface area (Å²) in [5.74, 6) is 0. The fourth-order valence-corrected chi connectivity index (χ4v) is 4.67. The van der Waals surface area contributed by atoms with Gasteiger partial charge in [-0.15, -0.1) is 4.31 Å². The third-order valence-electron chi connectivity index (χ3n) is 4.84. The number of benzene rings is 1. The summed E-state index contributed by atoms with van der Waals surface area (Å²) in [6, 6.07) is 10.3. The molecule has 1 aliphatic rings. The second-order valence-electron chi connectivity index (χ2n) is 7.54. The molecule has 1 aliphatic heterocycles. The van der Waals surface area contributed by atoms with Gasteiger partial charge < -0.3 is 9.29 Å². The van der Waals surface area contributed by atoms with Crippen molar-refractivity contribution >= 4 is 11.4 Å². The van der Waals surface area contributed by atoms with Crippen molar-refractivity contribution in [2.75, 3.05) is 0 Å². The van der Waals surface area contributed by atoms with Crippen LogP contribution in [0.5, 0.6) is 0 Å². The van der Waals surface area contributed by atoms with E-state index in [-0.39, 0.29) is 16.4 Å². The van der Waals surface area contributed by atoms with Crippen molar-refractivity contribution < 1.29 is 9.29 Å². The van der Waals surface area contributed by atoms with E-state index in [1.54, 1.807) is 0 Å². The third kappa shape index (κ3) is 4.35. The van der Waals surface area contributed by atoms with E-state index < -0.39 is 11.4 Å². The van der Waals surface area contributed by atoms with Gasteiger partial charge in [0.05, 0.1) is 18.8 Å². The molecule has 1 aromatic rings. The van der Waals surface area contributed by atoms with Crippen LogP contribution in [-0.4, -0.2) is 25.2 Å². The fraction of sp³-hybridized carbons (Fsp3) is 0.600. The Morgan fingerprint density at radius 1 is 1.29 bits per heavy atom. The molecule has 2 rings (SSSR count). The maximum atomic E-state index is 13.3. The Morgan fingerprint density at radius 2 is 1.96 bits per heavy atom. The summed E-state index contributed by atoms with van der Waals surface area (Å²) in [4.78, 5) is 0. The largest absolute Gasteiger partial charge is 0.597 e. The molecule has 4 heteroatoms. The molecule has 134 valence electrons. The summed E-state index contributed by atoms with van der Waals surface area (Å²) in [5, 5.41) is 0. The molecule has 0 aliphatic carbocycles. The van der Waals surface area contributed by atoms with Gasteiger partial charge in [0.15, 0.2) is 0 Å². The second kappa shape index (κ2) is 7.94. The van der Waals surface area contributed by atoms with Crippen molar-refractivity contribution in [3.05, 3.63) is 48.2 Å². The van der Waals surface area contributed by atoms with E-state index in [9.17, 15) is 4.55 Å². The number of hydrogen-bond acceptors (Lipinski definition) is 3. The predicted molar refractivity (Wildman–Crippen MR) is 102 cm³/mol. The summed E-state index contributed by atoms with van der Waals surface area (Å²) >= 11 is -1.11. The van der Waals surface area contributed by atoms with Gasteiger partial charge in [0.25, 0.3) is 0 Å². The smallest absolute Gasteiger partial charge is 0.137 e. The predicted octanol–water partition coefficient (Wildman–Crippen LogP) is 4.81. The monoisotopic (exact) mass is 349 g/mol. The van der Waals surface area contributed by atoms with Crippen molar-refractivity contribution in [3.8, 4) is 0 Å². The summed E-state index contributed by atoms with van der Waals surface area (Å²) in [6.07, 6.45) is 6.78. The summed E-state index contributed by atoms with van der Waals surface area (Å²) in [6.45, 7) is 11.1. The molecule has 1 aromatic carbocycles. The van der Waals surface area contributed by atoms with Crippen LogP contribution in [0.1, 0.15) is 59.4 Å². The zero-order chi connectivity index (χ0) is 17.8. The van der Waals surface area contributed by atoms with Gasteiger partial charge in [0, 0.05) is 11.4 Å². The maximum absolute atomic E-state index is 13.3. The first kappa shape index (κ1) is 19.4. The molecular formula is C20H31NO2S. The number of ether oxygens (including phenoxy) is 1. The number of hydrogen-bond donors (Lipinski definition) is 0. The quantitative estimate of drug-likeness (QED) is 0.691. The zero-order valence-electron chi connectivity index (χ0n) is 15.6. The molecule has 0 saturated carbocycles. The summed E-state index contributed by atoms with van der Waals surface area (Å²) in [7, 11) is 0. The lowest BCUT2D eigenvalue weighted by Gasteiger charge is -2.45. The Hall–Kier alpha value is -0.970. The van der Waals surface area contributed by atoms with Crippen LogP contribution in [0, 0.1) is 0 Å². The number of rotatable bonds is 6. The van der Waals surface area contributed by atoms with Gasteiger partial charge in [-0.05, 0) is 58.6 Å². The van der Waals surface area contributed by atoms with E-state index in [0.29, 0.717) is 6.54 Å². The highest BCUT2D eigenvalue weighted by molar-refractivity contribution is 7.90. The van der Waals surface area contributed by atoms with Crippen molar-refractivity contribution in [2.45, 2.75) is 76.8 Å². The van der Waals surface area contributed by atoms with E-state index in [0.717, 1.165) is 19.3 Å². The first-order chi connectivity index (χ1) is 11.3. The topological polar surface area (TPSA) is 35.5 Å². The van der Waals surface area contributed by atoms with Crippen LogP contribution in [0.15, 0.2) is 42.7 Å². The molecule has 1 heterocycles. The highest BCUT2D eigenvalue weighted by Gasteiger charge is 2.46. The molecule has 0 unspecified atom stereocenters.